The van der Waals surface area contributed by atoms with Crippen molar-refractivity contribution in [3.63, 3.8) is 0 Å². The van der Waals surface area contributed by atoms with Crippen molar-refractivity contribution in [3.8, 4) is 0 Å². The number of imide groups is 1. The smallest absolute Gasteiger partial charge is 0.320 e. The van der Waals surface area contributed by atoms with Crippen LogP contribution in [0.5, 0.6) is 0 Å². The summed E-state index contributed by atoms with van der Waals surface area (Å²) >= 11 is 0. The number of aromatic nitrogens is 5. The molecule has 2 N–H and O–H groups in total. The summed E-state index contributed by atoms with van der Waals surface area (Å²) in [6.45, 7) is 1.32. The second-order valence-electron chi connectivity index (χ2n) is 9.07. The average molecular weight is 557 g/mol. The number of anilines is 1. The minimum atomic E-state index is -4.88. The summed E-state index contributed by atoms with van der Waals surface area (Å²) < 4.78 is 54.9. The van der Waals surface area contributed by atoms with E-state index in [1.54, 1.807) is 19.1 Å². The molecule has 1 saturated heterocycles. The number of hydrogen-bond donors (Lipinski definition) is 2. The predicted molar refractivity (Wildman–Crippen MR) is 131 cm³/mol. The van der Waals surface area contributed by atoms with Crippen molar-refractivity contribution >= 4 is 34.3 Å². The number of carbonyl (C=O) groups excluding carboxylic acids is 3. The van der Waals surface area contributed by atoms with Gasteiger partial charge in [0.25, 0.3) is 11.5 Å². The summed E-state index contributed by atoms with van der Waals surface area (Å²) in [5, 5.41) is 12.3. The van der Waals surface area contributed by atoms with Crippen molar-refractivity contribution in [2.45, 2.75) is 38.5 Å². The van der Waals surface area contributed by atoms with Crippen LogP contribution in [-0.4, -0.2) is 42.3 Å². The van der Waals surface area contributed by atoms with Gasteiger partial charge in [0, 0.05) is 6.42 Å². The number of piperidine rings is 1. The minimum absolute atomic E-state index is 0.0181. The van der Waals surface area contributed by atoms with E-state index in [2.05, 4.69) is 25.9 Å². The third-order valence-electron chi connectivity index (χ3n) is 6.33. The lowest BCUT2D eigenvalue weighted by Crippen LogP contribution is -2.45. The zero-order chi connectivity index (χ0) is 28.8. The molecule has 5 rings (SSSR count). The van der Waals surface area contributed by atoms with Gasteiger partial charge >= 0.3 is 6.18 Å². The van der Waals surface area contributed by atoms with E-state index < -0.39 is 46.9 Å². The molecular formula is C25H19F4N7O4. The summed E-state index contributed by atoms with van der Waals surface area (Å²) in [5.74, 6) is -3.02. The van der Waals surface area contributed by atoms with Gasteiger partial charge in [0.05, 0.1) is 34.9 Å². The highest BCUT2D eigenvalue weighted by Crippen LogP contribution is 2.32. The third-order valence-corrected chi connectivity index (χ3v) is 6.33. The number of fused-ring (bicyclic) bond motifs is 1. The van der Waals surface area contributed by atoms with Crippen LogP contribution in [0.4, 0.5) is 23.2 Å². The van der Waals surface area contributed by atoms with Crippen molar-refractivity contribution in [2.75, 3.05) is 5.32 Å². The van der Waals surface area contributed by atoms with Crippen LogP contribution in [0.15, 0.2) is 47.4 Å². The number of rotatable bonds is 5. The molecule has 2 aromatic carbocycles. The van der Waals surface area contributed by atoms with Crippen LogP contribution in [0.2, 0.25) is 0 Å². The van der Waals surface area contributed by atoms with E-state index in [1.807, 2.05) is 0 Å². The molecule has 3 heterocycles. The highest BCUT2D eigenvalue weighted by Gasteiger charge is 2.34. The SMILES string of the molecule is Cc1nc2cccc(NC(=O)c3cn(Cc4ccc(F)c(C(F)(F)F)c4)nn3)c2c(=O)n1C1CCC(=O)NC1=O. The van der Waals surface area contributed by atoms with E-state index in [9.17, 15) is 36.7 Å². The Kier molecular flexibility index (Phi) is 6.65. The first-order chi connectivity index (χ1) is 18.9. The topological polar surface area (TPSA) is 141 Å². The Morgan fingerprint density at radius 3 is 2.67 bits per heavy atom. The van der Waals surface area contributed by atoms with Crippen molar-refractivity contribution in [2.24, 2.45) is 0 Å². The molecule has 3 amide bonds. The zero-order valence-electron chi connectivity index (χ0n) is 20.6. The van der Waals surface area contributed by atoms with Gasteiger partial charge in [-0.05, 0) is 43.2 Å². The van der Waals surface area contributed by atoms with Gasteiger partial charge in [0.15, 0.2) is 5.69 Å². The molecule has 1 unspecified atom stereocenters. The van der Waals surface area contributed by atoms with Gasteiger partial charge in [-0.2, -0.15) is 13.2 Å². The fourth-order valence-electron chi connectivity index (χ4n) is 4.49. The average Bonchev–Trinajstić information content (AvgIpc) is 3.34. The molecular weight excluding hydrogens is 538 g/mol. The summed E-state index contributed by atoms with van der Waals surface area (Å²) in [6, 6.07) is 6.11. The number of amides is 3. The molecule has 0 bridgehead atoms. The van der Waals surface area contributed by atoms with Gasteiger partial charge in [-0.15, -0.1) is 5.10 Å². The van der Waals surface area contributed by atoms with Gasteiger partial charge in [-0.1, -0.05) is 17.3 Å². The summed E-state index contributed by atoms with van der Waals surface area (Å²) in [5.41, 5.74) is -1.83. The van der Waals surface area contributed by atoms with Crippen LogP contribution in [-0.2, 0) is 22.3 Å². The third kappa shape index (κ3) is 5.04. The van der Waals surface area contributed by atoms with Crippen LogP contribution in [0.25, 0.3) is 10.9 Å². The number of nitrogens with zero attached hydrogens (tertiary/aromatic N) is 5. The zero-order valence-corrected chi connectivity index (χ0v) is 20.6. The van der Waals surface area contributed by atoms with Crippen molar-refractivity contribution < 1.29 is 31.9 Å². The molecule has 0 radical (unpaired) electrons. The lowest BCUT2D eigenvalue weighted by Gasteiger charge is -2.24. The Hall–Kier alpha value is -4.95. The fourth-order valence-corrected chi connectivity index (χ4v) is 4.49. The Labute approximate surface area is 221 Å². The predicted octanol–water partition coefficient (Wildman–Crippen LogP) is 2.73. The highest BCUT2D eigenvalue weighted by atomic mass is 19.4. The maximum absolute atomic E-state index is 13.6. The minimum Gasteiger partial charge on any atom is -0.320 e. The molecule has 40 heavy (non-hydrogen) atoms. The van der Waals surface area contributed by atoms with Crippen LogP contribution >= 0.6 is 0 Å². The number of alkyl halides is 3. The van der Waals surface area contributed by atoms with E-state index in [4.69, 9.17) is 0 Å². The molecule has 11 nitrogen and oxygen atoms in total. The number of hydrogen-bond acceptors (Lipinski definition) is 7. The van der Waals surface area contributed by atoms with Crippen molar-refractivity contribution in [1.29, 1.82) is 0 Å². The van der Waals surface area contributed by atoms with E-state index in [0.29, 0.717) is 12.1 Å². The number of benzene rings is 2. The molecule has 1 aliphatic heterocycles. The summed E-state index contributed by atoms with van der Waals surface area (Å²) in [7, 11) is 0. The molecule has 15 heteroatoms. The molecule has 0 saturated carbocycles. The molecule has 0 spiro atoms. The molecule has 1 aliphatic rings. The first kappa shape index (κ1) is 26.6. The Morgan fingerprint density at radius 2 is 1.95 bits per heavy atom. The molecule has 1 atom stereocenters. The highest BCUT2D eigenvalue weighted by molar-refractivity contribution is 6.07. The molecule has 2 aromatic heterocycles. The monoisotopic (exact) mass is 557 g/mol. The molecule has 0 aliphatic carbocycles. The second kappa shape index (κ2) is 9.98. The number of halogens is 4. The van der Waals surface area contributed by atoms with Crippen molar-refractivity contribution in [1.82, 2.24) is 29.9 Å². The van der Waals surface area contributed by atoms with Gasteiger partial charge in [0.2, 0.25) is 11.8 Å². The quantitative estimate of drug-likeness (QED) is 0.284. The van der Waals surface area contributed by atoms with Gasteiger partial charge < -0.3 is 5.32 Å². The van der Waals surface area contributed by atoms with E-state index in [1.165, 1.54) is 16.8 Å². The second-order valence-corrected chi connectivity index (χ2v) is 9.07. The Balaban J connectivity index is 1.42. The van der Waals surface area contributed by atoms with E-state index in [-0.39, 0.29) is 53.1 Å². The van der Waals surface area contributed by atoms with Crippen molar-refractivity contribution in [3.05, 3.63) is 81.4 Å². The lowest BCUT2D eigenvalue weighted by atomic mass is 10.1. The first-order valence-corrected chi connectivity index (χ1v) is 11.8. The summed E-state index contributed by atoms with van der Waals surface area (Å²) in [4.78, 5) is 54.8. The first-order valence-electron chi connectivity index (χ1n) is 11.8. The fraction of sp³-hybridized carbons (Fsp3) is 0.240. The van der Waals surface area contributed by atoms with E-state index in [0.717, 1.165) is 10.7 Å². The van der Waals surface area contributed by atoms with Crippen LogP contribution in [0, 0.1) is 12.7 Å². The van der Waals surface area contributed by atoms with Crippen LogP contribution < -0.4 is 16.2 Å². The molecule has 206 valence electrons. The Morgan fingerprint density at radius 1 is 1.18 bits per heavy atom. The maximum Gasteiger partial charge on any atom is 0.419 e. The standard InChI is InChI=1S/C25H19F4N7O4/c1-12-30-16-3-2-4-17(21(16)24(40)36(12)19-7-8-20(37)32-23(19)39)31-22(38)18-11-35(34-33-18)10-13-5-6-15(26)14(9-13)25(27,28)29/h2-6,9,11,19H,7-8,10H2,1H3,(H,31,38)(H,32,37,39). The number of aryl methyl sites for hydroxylation is 1. The lowest BCUT2D eigenvalue weighted by molar-refractivity contribution is -0.140. The van der Waals surface area contributed by atoms with Gasteiger partial charge in [0.1, 0.15) is 17.7 Å². The molecule has 1 fully saturated rings. The van der Waals surface area contributed by atoms with Gasteiger partial charge in [-0.25, -0.2) is 14.1 Å². The number of nitrogens with one attached hydrogen (secondary N) is 2. The number of carbonyl (C=O) groups is 3. The normalized spacial score (nSPS) is 15.8. The molecule has 4 aromatic rings. The van der Waals surface area contributed by atoms with Crippen LogP contribution in [0.1, 0.15) is 46.3 Å². The largest absolute Gasteiger partial charge is 0.419 e. The summed E-state index contributed by atoms with van der Waals surface area (Å²) in [6.07, 6.45) is -3.55. The van der Waals surface area contributed by atoms with E-state index >= 15 is 0 Å². The van der Waals surface area contributed by atoms with Gasteiger partial charge in [-0.3, -0.25) is 29.1 Å². The Bertz CT molecular complexity index is 1750. The maximum atomic E-state index is 13.6. The van der Waals surface area contributed by atoms with Crippen LogP contribution in [0.3, 0.4) is 0 Å².